The number of hydrogen-bond donors (Lipinski definition) is 0. The van der Waals surface area contributed by atoms with E-state index in [1.54, 1.807) is 0 Å². The third-order valence-electron chi connectivity index (χ3n) is 6.92. The summed E-state index contributed by atoms with van der Waals surface area (Å²) in [5.41, 5.74) is 6.11. The zero-order valence-electron chi connectivity index (χ0n) is 21.1. The maximum Gasteiger partial charge on any atom is 0.222 e. The molecule has 0 bridgehead atoms. The Bertz CT molecular complexity index is 1030. The maximum absolute atomic E-state index is 13.1. The first-order valence-corrected chi connectivity index (χ1v) is 12.6. The number of amides is 1. The van der Waals surface area contributed by atoms with Crippen molar-refractivity contribution in [2.24, 2.45) is 5.92 Å². The standard InChI is InChI=1S/C29H38N4O/c1-22(2)21-33-24(4)27(23(3)30-33)15-16-28(34)31-17-19-32(20-18-31)29(25-11-7-5-8-12-25)26-13-9-6-10-14-26/h5-14,22,29H,15-21H2,1-4H3. The van der Waals surface area contributed by atoms with Gasteiger partial charge in [-0.1, -0.05) is 74.5 Å². The second kappa shape index (κ2) is 11.0. The number of nitrogens with zero attached hydrogens (tertiary/aromatic N) is 4. The normalized spacial score (nSPS) is 14.8. The number of carbonyl (C=O) groups excluding carboxylic acids is 1. The Labute approximate surface area is 204 Å². The van der Waals surface area contributed by atoms with Crippen LogP contribution in [0.25, 0.3) is 0 Å². The van der Waals surface area contributed by atoms with Crippen molar-refractivity contribution in [2.45, 2.75) is 53.1 Å². The second-order valence-corrected chi connectivity index (χ2v) is 9.87. The molecule has 0 atom stereocenters. The lowest BCUT2D eigenvalue weighted by atomic mass is 9.96. The van der Waals surface area contributed by atoms with E-state index in [1.165, 1.54) is 22.4 Å². The van der Waals surface area contributed by atoms with E-state index >= 15 is 0 Å². The molecule has 3 aromatic rings. The Kier molecular flexibility index (Phi) is 7.84. The van der Waals surface area contributed by atoms with Crippen LogP contribution in [0.5, 0.6) is 0 Å². The van der Waals surface area contributed by atoms with Gasteiger partial charge in [0, 0.05) is 44.8 Å². The first kappa shape index (κ1) is 24.2. The van der Waals surface area contributed by atoms with Crippen molar-refractivity contribution >= 4 is 5.91 Å². The van der Waals surface area contributed by atoms with Crippen molar-refractivity contribution < 1.29 is 4.79 Å². The number of hydrogen-bond acceptors (Lipinski definition) is 3. The molecule has 0 N–H and O–H groups in total. The summed E-state index contributed by atoms with van der Waals surface area (Å²) in [5.74, 6) is 0.811. The molecule has 5 nitrogen and oxygen atoms in total. The fourth-order valence-electron chi connectivity index (χ4n) is 5.12. The quantitative estimate of drug-likeness (QED) is 0.476. The third-order valence-corrected chi connectivity index (χ3v) is 6.92. The van der Waals surface area contributed by atoms with Gasteiger partial charge in [-0.05, 0) is 42.9 Å². The van der Waals surface area contributed by atoms with E-state index in [2.05, 4.69) is 97.9 Å². The van der Waals surface area contributed by atoms with Crippen molar-refractivity contribution in [2.75, 3.05) is 26.2 Å². The molecule has 1 aromatic heterocycles. The van der Waals surface area contributed by atoms with Crippen LogP contribution >= 0.6 is 0 Å². The highest BCUT2D eigenvalue weighted by molar-refractivity contribution is 5.76. The van der Waals surface area contributed by atoms with Crippen LogP contribution in [0.4, 0.5) is 0 Å². The van der Waals surface area contributed by atoms with E-state index < -0.39 is 0 Å². The zero-order valence-corrected chi connectivity index (χ0v) is 21.1. The number of carbonyl (C=O) groups is 1. The van der Waals surface area contributed by atoms with Gasteiger partial charge in [0.1, 0.15) is 0 Å². The molecule has 180 valence electrons. The lowest BCUT2D eigenvalue weighted by Crippen LogP contribution is -2.49. The Hall–Kier alpha value is -2.92. The third kappa shape index (κ3) is 5.58. The van der Waals surface area contributed by atoms with Crippen LogP contribution in [0.2, 0.25) is 0 Å². The van der Waals surface area contributed by atoms with Crippen LogP contribution in [-0.4, -0.2) is 51.7 Å². The molecule has 34 heavy (non-hydrogen) atoms. The van der Waals surface area contributed by atoms with Crippen molar-refractivity contribution in [1.82, 2.24) is 19.6 Å². The molecule has 1 amide bonds. The molecule has 1 aliphatic rings. The number of aromatic nitrogens is 2. The van der Waals surface area contributed by atoms with Gasteiger partial charge in [0.25, 0.3) is 0 Å². The van der Waals surface area contributed by atoms with Crippen LogP contribution in [-0.2, 0) is 17.8 Å². The Morgan fingerprint density at radius 2 is 1.44 bits per heavy atom. The highest BCUT2D eigenvalue weighted by Gasteiger charge is 2.28. The number of rotatable bonds is 8. The lowest BCUT2D eigenvalue weighted by molar-refractivity contribution is -0.133. The molecule has 0 aliphatic carbocycles. The topological polar surface area (TPSA) is 41.4 Å². The molecular formula is C29H38N4O. The molecule has 2 aromatic carbocycles. The molecular weight excluding hydrogens is 420 g/mol. The number of benzene rings is 2. The fourth-order valence-corrected chi connectivity index (χ4v) is 5.12. The summed E-state index contributed by atoms with van der Waals surface area (Å²) >= 11 is 0. The van der Waals surface area contributed by atoms with E-state index in [0.717, 1.165) is 44.8 Å². The van der Waals surface area contributed by atoms with Gasteiger partial charge in [0.05, 0.1) is 11.7 Å². The van der Waals surface area contributed by atoms with Gasteiger partial charge in [-0.2, -0.15) is 5.10 Å². The van der Waals surface area contributed by atoms with Crippen LogP contribution in [0, 0.1) is 19.8 Å². The molecule has 0 saturated carbocycles. The largest absolute Gasteiger partial charge is 0.340 e. The van der Waals surface area contributed by atoms with Gasteiger partial charge in [-0.3, -0.25) is 14.4 Å². The average Bonchev–Trinajstić information content (AvgIpc) is 3.11. The highest BCUT2D eigenvalue weighted by Crippen LogP contribution is 2.29. The van der Waals surface area contributed by atoms with E-state index in [1.807, 2.05) is 4.90 Å². The molecule has 1 saturated heterocycles. The van der Waals surface area contributed by atoms with Crippen LogP contribution < -0.4 is 0 Å². The maximum atomic E-state index is 13.1. The summed E-state index contributed by atoms with van der Waals surface area (Å²) in [6, 6.07) is 21.6. The summed E-state index contributed by atoms with van der Waals surface area (Å²) in [5, 5.41) is 4.71. The van der Waals surface area contributed by atoms with E-state index in [-0.39, 0.29) is 11.9 Å². The van der Waals surface area contributed by atoms with Crippen LogP contribution in [0.1, 0.15) is 54.4 Å². The predicted molar refractivity (Wildman–Crippen MR) is 138 cm³/mol. The molecule has 2 heterocycles. The number of aryl methyl sites for hydroxylation is 1. The second-order valence-electron chi connectivity index (χ2n) is 9.87. The van der Waals surface area contributed by atoms with E-state index in [0.29, 0.717) is 12.3 Å². The van der Waals surface area contributed by atoms with Crippen LogP contribution in [0.15, 0.2) is 60.7 Å². The summed E-state index contributed by atoms with van der Waals surface area (Å²) in [6.07, 6.45) is 1.32. The summed E-state index contributed by atoms with van der Waals surface area (Å²) in [6.45, 7) is 12.9. The zero-order chi connectivity index (χ0) is 24.1. The predicted octanol–water partition coefficient (Wildman–Crippen LogP) is 5.02. The average molecular weight is 459 g/mol. The minimum absolute atomic E-state index is 0.219. The molecule has 5 heteroatoms. The van der Waals surface area contributed by atoms with Crippen LogP contribution in [0.3, 0.4) is 0 Å². The molecule has 0 unspecified atom stereocenters. The van der Waals surface area contributed by atoms with E-state index in [4.69, 9.17) is 5.10 Å². The molecule has 1 fully saturated rings. The highest BCUT2D eigenvalue weighted by atomic mass is 16.2. The van der Waals surface area contributed by atoms with E-state index in [9.17, 15) is 4.79 Å². The monoisotopic (exact) mass is 458 g/mol. The fraction of sp³-hybridized carbons (Fsp3) is 0.448. The lowest BCUT2D eigenvalue weighted by Gasteiger charge is -2.40. The Morgan fingerprint density at radius 3 is 1.97 bits per heavy atom. The summed E-state index contributed by atoms with van der Waals surface area (Å²) in [7, 11) is 0. The van der Waals surface area contributed by atoms with Crippen molar-refractivity contribution in [3.05, 3.63) is 88.7 Å². The van der Waals surface area contributed by atoms with Crippen molar-refractivity contribution in [3.63, 3.8) is 0 Å². The van der Waals surface area contributed by atoms with Gasteiger partial charge in [0.15, 0.2) is 0 Å². The Balaban J connectivity index is 1.38. The van der Waals surface area contributed by atoms with Crippen molar-refractivity contribution in [1.29, 1.82) is 0 Å². The smallest absolute Gasteiger partial charge is 0.222 e. The van der Waals surface area contributed by atoms with Gasteiger partial charge in [-0.15, -0.1) is 0 Å². The molecule has 0 radical (unpaired) electrons. The van der Waals surface area contributed by atoms with Gasteiger partial charge < -0.3 is 4.90 Å². The SMILES string of the molecule is Cc1nn(CC(C)C)c(C)c1CCC(=O)N1CCN(C(c2ccccc2)c2ccccc2)CC1. The van der Waals surface area contributed by atoms with Gasteiger partial charge >= 0.3 is 0 Å². The minimum Gasteiger partial charge on any atom is -0.340 e. The molecule has 0 spiro atoms. The van der Waals surface area contributed by atoms with Crippen molar-refractivity contribution in [3.8, 4) is 0 Å². The summed E-state index contributed by atoms with van der Waals surface area (Å²) in [4.78, 5) is 17.6. The minimum atomic E-state index is 0.219. The molecule has 1 aliphatic heterocycles. The van der Waals surface area contributed by atoms with Gasteiger partial charge in [-0.25, -0.2) is 0 Å². The molecule has 4 rings (SSSR count). The summed E-state index contributed by atoms with van der Waals surface area (Å²) < 4.78 is 2.10. The first-order valence-electron chi connectivity index (χ1n) is 12.6. The first-order chi connectivity index (χ1) is 16.4. The Morgan fingerprint density at radius 1 is 0.882 bits per heavy atom. The van der Waals surface area contributed by atoms with Gasteiger partial charge in [0.2, 0.25) is 5.91 Å². The number of piperazine rings is 1.